The summed E-state index contributed by atoms with van der Waals surface area (Å²) in [7, 11) is 0. The van der Waals surface area contributed by atoms with E-state index >= 15 is 0 Å². The number of aryl methyl sites for hydroxylation is 1. The van der Waals surface area contributed by atoms with E-state index in [0.717, 1.165) is 12.8 Å². The Morgan fingerprint density at radius 2 is 2.00 bits per heavy atom. The summed E-state index contributed by atoms with van der Waals surface area (Å²) < 4.78 is 0. The van der Waals surface area contributed by atoms with Crippen molar-refractivity contribution in [3.05, 3.63) is 41.0 Å². The van der Waals surface area contributed by atoms with Crippen LogP contribution in [-0.4, -0.2) is 11.7 Å². The Labute approximate surface area is 97.8 Å². The summed E-state index contributed by atoms with van der Waals surface area (Å²) in [4.78, 5) is 0. The van der Waals surface area contributed by atoms with E-state index in [1.807, 2.05) is 0 Å². The lowest BCUT2D eigenvalue weighted by atomic mass is 9.84. The molecule has 1 nitrogen and oxygen atoms in total. The third kappa shape index (κ3) is 2.73. The predicted octanol–water partition coefficient (Wildman–Crippen LogP) is 3.56. The number of aliphatic hydroxyl groups is 1. The van der Waals surface area contributed by atoms with E-state index in [1.54, 1.807) is 0 Å². The normalized spacial score (nSPS) is 23.6. The molecule has 1 atom stereocenters. The molecule has 1 aromatic rings. The molecule has 86 valence electrons. The van der Waals surface area contributed by atoms with Crippen molar-refractivity contribution >= 4 is 6.08 Å². The third-order valence-electron chi connectivity index (χ3n) is 3.44. The minimum Gasteiger partial charge on any atom is -0.396 e. The van der Waals surface area contributed by atoms with Crippen molar-refractivity contribution in [3.8, 4) is 0 Å². The largest absolute Gasteiger partial charge is 0.396 e. The van der Waals surface area contributed by atoms with Crippen LogP contribution in [0.25, 0.3) is 6.08 Å². The van der Waals surface area contributed by atoms with E-state index in [2.05, 4.69) is 37.3 Å². The van der Waals surface area contributed by atoms with Gasteiger partial charge in [0, 0.05) is 12.5 Å². The number of rotatable bonds is 2. The Hall–Kier alpha value is -1.08. The Morgan fingerprint density at radius 1 is 1.25 bits per heavy atom. The molecule has 1 heteroatoms. The van der Waals surface area contributed by atoms with Crippen molar-refractivity contribution in [2.24, 2.45) is 5.92 Å². The Morgan fingerprint density at radius 3 is 2.69 bits per heavy atom. The maximum absolute atomic E-state index is 9.34. The topological polar surface area (TPSA) is 20.2 Å². The first-order valence-electron chi connectivity index (χ1n) is 6.17. The highest BCUT2D eigenvalue weighted by Gasteiger charge is 2.17. The summed E-state index contributed by atoms with van der Waals surface area (Å²) in [5.41, 5.74) is 3.99. The summed E-state index contributed by atoms with van der Waals surface area (Å²) in [6.45, 7) is 2.41. The van der Waals surface area contributed by atoms with Gasteiger partial charge in [0.1, 0.15) is 0 Å². The predicted molar refractivity (Wildman–Crippen MR) is 68.2 cm³/mol. The number of hydrogen-bond acceptors (Lipinski definition) is 1. The summed E-state index contributed by atoms with van der Waals surface area (Å²) in [6.07, 6.45) is 7.09. The van der Waals surface area contributed by atoms with E-state index < -0.39 is 0 Å². The number of benzene rings is 1. The maximum atomic E-state index is 9.34. The van der Waals surface area contributed by atoms with E-state index in [-0.39, 0.29) is 0 Å². The highest BCUT2D eigenvalue weighted by atomic mass is 16.3. The molecule has 1 N–H and O–H groups in total. The maximum Gasteiger partial charge on any atom is 0.0496 e. The molecule has 0 amide bonds. The van der Waals surface area contributed by atoms with Gasteiger partial charge in [0.2, 0.25) is 0 Å². The zero-order valence-electron chi connectivity index (χ0n) is 9.95. The standard InChI is InChI=1S/C15H20O/c1-12-6-8-13(9-7-12)10-14-4-2-3-5-15(14)11-16/h6-10,15-16H,2-5,11H2,1H3/b14-10+. The van der Waals surface area contributed by atoms with Crippen molar-refractivity contribution in [1.29, 1.82) is 0 Å². The first-order chi connectivity index (χ1) is 7.79. The van der Waals surface area contributed by atoms with Crippen molar-refractivity contribution in [2.45, 2.75) is 32.6 Å². The second-order valence-corrected chi connectivity index (χ2v) is 4.76. The van der Waals surface area contributed by atoms with Gasteiger partial charge in [-0.15, -0.1) is 0 Å². The van der Waals surface area contributed by atoms with Crippen LogP contribution in [0.2, 0.25) is 0 Å². The van der Waals surface area contributed by atoms with Crippen molar-refractivity contribution in [3.63, 3.8) is 0 Å². The third-order valence-corrected chi connectivity index (χ3v) is 3.44. The highest BCUT2D eigenvalue weighted by molar-refractivity contribution is 5.54. The molecule has 0 aliphatic heterocycles. The fourth-order valence-corrected chi connectivity index (χ4v) is 2.38. The summed E-state index contributed by atoms with van der Waals surface area (Å²) in [5.74, 6) is 0.398. The summed E-state index contributed by atoms with van der Waals surface area (Å²) in [5, 5.41) is 9.34. The molecular formula is C15H20O. The van der Waals surface area contributed by atoms with E-state index in [1.165, 1.54) is 29.5 Å². The van der Waals surface area contributed by atoms with Crippen LogP contribution in [0.1, 0.15) is 36.8 Å². The van der Waals surface area contributed by atoms with Gasteiger partial charge in [-0.05, 0) is 31.7 Å². The number of hydrogen-bond donors (Lipinski definition) is 1. The first kappa shape index (κ1) is 11.4. The van der Waals surface area contributed by atoms with Gasteiger partial charge in [0.05, 0.1) is 0 Å². The van der Waals surface area contributed by atoms with Gasteiger partial charge in [-0.25, -0.2) is 0 Å². The summed E-state index contributed by atoms with van der Waals surface area (Å²) in [6, 6.07) is 8.60. The van der Waals surface area contributed by atoms with Gasteiger partial charge >= 0.3 is 0 Å². The van der Waals surface area contributed by atoms with Crippen LogP contribution >= 0.6 is 0 Å². The molecule has 1 saturated carbocycles. The molecule has 1 fully saturated rings. The molecule has 0 heterocycles. The lowest BCUT2D eigenvalue weighted by Crippen LogP contribution is -2.13. The smallest absolute Gasteiger partial charge is 0.0496 e. The molecule has 0 aromatic heterocycles. The average Bonchev–Trinajstić information content (AvgIpc) is 2.33. The quantitative estimate of drug-likeness (QED) is 0.801. The molecule has 0 radical (unpaired) electrons. The Balaban J connectivity index is 2.17. The van der Waals surface area contributed by atoms with E-state index in [0.29, 0.717) is 12.5 Å². The molecule has 1 aromatic carbocycles. The second-order valence-electron chi connectivity index (χ2n) is 4.76. The van der Waals surface area contributed by atoms with Crippen LogP contribution in [0.4, 0.5) is 0 Å². The van der Waals surface area contributed by atoms with Crippen LogP contribution in [0.15, 0.2) is 29.8 Å². The molecule has 0 saturated heterocycles. The monoisotopic (exact) mass is 216 g/mol. The molecule has 2 rings (SSSR count). The van der Waals surface area contributed by atoms with Crippen LogP contribution in [0.5, 0.6) is 0 Å². The first-order valence-corrected chi connectivity index (χ1v) is 6.17. The van der Waals surface area contributed by atoms with E-state index in [4.69, 9.17) is 0 Å². The minimum absolute atomic E-state index is 0.303. The minimum atomic E-state index is 0.303. The van der Waals surface area contributed by atoms with Gasteiger partial charge in [-0.1, -0.05) is 47.9 Å². The van der Waals surface area contributed by atoms with Crippen LogP contribution in [0, 0.1) is 12.8 Å². The van der Waals surface area contributed by atoms with Crippen molar-refractivity contribution < 1.29 is 5.11 Å². The molecule has 0 spiro atoms. The molecule has 1 unspecified atom stereocenters. The van der Waals surface area contributed by atoms with Gasteiger partial charge < -0.3 is 5.11 Å². The molecule has 0 bridgehead atoms. The molecule has 1 aliphatic carbocycles. The second kappa shape index (κ2) is 5.31. The van der Waals surface area contributed by atoms with Crippen LogP contribution in [0.3, 0.4) is 0 Å². The lowest BCUT2D eigenvalue weighted by molar-refractivity contribution is 0.226. The van der Waals surface area contributed by atoms with Crippen molar-refractivity contribution in [1.82, 2.24) is 0 Å². The molecule has 1 aliphatic rings. The van der Waals surface area contributed by atoms with Gasteiger partial charge in [-0.3, -0.25) is 0 Å². The van der Waals surface area contributed by atoms with Crippen LogP contribution in [-0.2, 0) is 0 Å². The van der Waals surface area contributed by atoms with Crippen molar-refractivity contribution in [2.75, 3.05) is 6.61 Å². The van der Waals surface area contributed by atoms with Gasteiger partial charge in [0.25, 0.3) is 0 Å². The molecular weight excluding hydrogens is 196 g/mol. The Kier molecular flexibility index (Phi) is 3.79. The van der Waals surface area contributed by atoms with E-state index in [9.17, 15) is 5.11 Å². The molecule has 16 heavy (non-hydrogen) atoms. The zero-order chi connectivity index (χ0) is 11.4. The zero-order valence-corrected chi connectivity index (χ0v) is 9.95. The van der Waals surface area contributed by atoms with Gasteiger partial charge in [0.15, 0.2) is 0 Å². The highest BCUT2D eigenvalue weighted by Crippen LogP contribution is 2.30. The Bertz CT molecular complexity index is 362. The fourth-order valence-electron chi connectivity index (χ4n) is 2.38. The SMILES string of the molecule is Cc1ccc(/C=C2\CCCCC2CO)cc1. The number of aliphatic hydroxyl groups excluding tert-OH is 1. The van der Waals surface area contributed by atoms with Crippen LogP contribution < -0.4 is 0 Å². The summed E-state index contributed by atoms with van der Waals surface area (Å²) >= 11 is 0. The average molecular weight is 216 g/mol. The van der Waals surface area contributed by atoms with Gasteiger partial charge in [-0.2, -0.15) is 0 Å². The fraction of sp³-hybridized carbons (Fsp3) is 0.467. The lowest BCUT2D eigenvalue weighted by Gasteiger charge is -2.23.